The molecule has 2 N–H and O–H groups in total. The molecule has 9 heteroatoms. The Bertz CT molecular complexity index is 784. The molecule has 22 heavy (non-hydrogen) atoms. The van der Waals surface area contributed by atoms with E-state index in [0.717, 1.165) is 6.07 Å². The molecule has 0 bridgehead atoms. The lowest BCUT2D eigenvalue weighted by molar-refractivity contribution is -0.142. The summed E-state index contributed by atoms with van der Waals surface area (Å²) in [6, 6.07) is 2.20. The molecule has 0 saturated carbocycles. The van der Waals surface area contributed by atoms with E-state index in [1.54, 1.807) is 0 Å². The lowest BCUT2D eigenvalue weighted by Gasteiger charge is -2.11. The summed E-state index contributed by atoms with van der Waals surface area (Å²) in [6.45, 7) is 0. The molecule has 0 spiro atoms. The zero-order chi connectivity index (χ0) is 16.5. The van der Waals surface area contributed by atoms with Gasteiger partial charge in [-0.15, -0.1) is 0 Å². The number of aromatic amines is 2. The predicted molar refractivity (Wildman–Crippen MR) is 66.5 cm³/mol. The summed E-state index contributed by atoms with van der Waals surface area (Å²) in [6.07, 6.45) is -5.05. The predicted octanol–water partition coefficient (Wildman–Crippen LogP) is 2.15. The maximum Gasteiger partial charge on any atom is 0.422 e. The Kier molecular flexibility index (Phi) is 4.16. The molecule has 118 valence electrons. The van der Waals surface area contributed by atoms with Gasteiger partial charge in [-0.3, -0.25) is 14.7 Å². The first-order valence-corrected chi connectivity index (χ1v) is 6.04. The molecule has 1 aromatic heterocycles. The average molecular weight is 320 g/mol. The number of aromatic nitrogens is 2. The number of aryl methyl sites for hydroxylation is 2. The zero-order valence-corrected chi connectivity index (χ0v) is 10.9. The number of halogens is 5. The fraction of sp³-hybridized carbons (Fsp3) is 0.231. The highest BCUT2D eigenvalue weighted by molar-refractivity contribution is 5.29. The number of hydrogen-bond donors (Lipinski definition) is 2. The Morgan fingerprint density at radius 3 is 2.00 bits per heavy atom. The topological polar surface area (TPSA) is 65.7 Å². The minimum Gasteiger partial charge on any atom is -0.302 e. The maximum atomic E-state index is 13.4. The molecular formula is C13H9F5N2O2. The van der Waals surface area contributed by atoms with Gasteiger partial charge in [0.2, 0.25) is 5.43 Å². The van der Waals surface area contributed by atoms with Crippen molar-refractivity contribution in [2.75, 3.05) is 0 Å². The second-order valence-electron chi connectivity index (χ2n) is 4.55. The molecule has 0 aliphatic rings. The summed E-state index contributed by atoms with van der Waals surface area (Å²) in [5, 5.41) is 4.47. The number of H-pyrrole nitrogens is 2. The van der Waals surface area contributed by atoms with Crippen LogP contribution >= 0.6 is 0 Å². The van der Waals surface area contributed by atoms with Crippen molar-refractivity contribution in [3.05, 3.63) is 67.2 Å². The van der Waals surface area contributed by atoms with Crippen LogP contribution in [-0.4, -0.2) is 10.2 Å². The SMILES string of the molecule is O=c1cc(CCc2cc(F)c(C(F)(F)F)c(F)c2)[nH][nH]c1=O. The second kappa shape index (κ2) is 5.74. The van der Waals surface area contributed by atoms with Gasteiger partial charge in [-0.05, 0) is 30.5 Å². The van der Waals surface area contributed by atoms with Gasteiger partial charge in [0.25, 0.3) is 0 Å². The second-order valence-corrected chi connectivity index (χ2v) is 4.55. The molecule has 0 fully saturated rings. The fourth-order valence-corrected chi connectivity index (χ4v) is 1.91. The molecule has 0 atom stereocenters. The van der Waals surface area contributed by atoms with Crippen LogP contribution < -0.4 is 11.0 Å². The first-order valence-electron chi connectivity index (χ1n) is 6.04. The minimum atomic E-state index is -5.11. The van der Waals surface area contributed by atoms with Gasteiger partial charge < -0.3 is 5.10 Å². The Labute approximate surface area is 119 Å². The van der Waals surface area contributed by atoms with Crippen molar-refractivity contribution in [3.8, 4) is 0 Å². The standard InChI is InChI=1S/C13H9F5N2O2/c14-8-3-6(4-9(15)11(8)13(16,17)18)1-2-7-5-10(21)12(22)20-19-7/h3-5H,1-2H2,(H,19,21)(H,20,22). The van der Waals surface area contributed by atoms with Gasteiger partial charge in [-0.25, -0.2) is 8.78 Å². The van der Waals surface area contributed by atoms with Crippen molar-refractivity contribution in [2.24, 2.45) is 0 Å². The largest absolute Gasteiger partial charge is 0.422 e. The third kappa shape index (κ3) is 3.41. The van der Waals surface area contributed by atoms with Gasteiger partial charge in [0.1, 0.15) is 17.2 Å². The summed E-state index contributed by atoms with van der Waals surface area (Å²) in [7, 11) is 0. The molecule has 4 nitrogen and oxygen atoms in total. The van der Waals surface area contributed by atoms with E-state index < -0.39 is 34.4 Å². The van der Waals surface area contributed by atoms with Crippen LogP contribution in [0.1, 0.15) is 16.8 Å². The van der Waals surface area contributed by atoms with Crippen LogP contribution in [0.25, 0.3) is 0 Å². The summed E-state index contributed by atoms with van der Waals surface area (Å²) in [5.41, 5.74) is -3.30. The molecule has 1 aromatic carbocycles. The minimum absolute atomic E-state index is 0.00458. The molecule has 1 heterocycles. The number of hydrogen-bond acceptors (Lipinski definition) is 2. The Balaban J connectivity index is 2.22. The van der Waals surface area contributed by atoms with Crippen molar-refractivity contribution in [1.82, 2.24) is 10.2 Å². The Hall–Kier alpha value is -2.45. The monoisotopic (exact) mass is 320 g/mol. The van der Waals surface area contributed by atoms with Gasteiger partial charge in [0.05, 0.1) is 0 Å². The smallest absolute Gasteiger partial charge is 0.302 e. The highest BCUT2D eigenvalue weighted by Crippen LogP contribution is 2.34. The highest BCUT2D eigenvalue weighted by Gasteiger charge is 2.37. The lowest BCUT2D eigenvalue weighted by atomic mass is 10.0. The van der Waals surface area contributed by atoms with Crippen molar-refractivity contribution in [2.45, 2.75) is 19.0 Å². The maximum absolute atomic E-state index is 13.4. The van der Waals surface area contributed by atoms with Crippen LogP contribution in [0.15, 0.2) is 27.8 Å². The number of nitrogens with one attached hydrogen (secondary N) is 2. The van der Waals surface area contributed by atoms with Gasteiger partial charge in [0.15, 0.2) is 0 Å². The van der Waals surface area contributed by atoms with Crippen molar-refractivity contribution < 1.29 is 22.0 Å². The van der Waals surface area contributed by atoms with E-state index in [2.05, 4.69) is 10.2 Å². The van der Waals surface area contributed by atoms with Gasteiger partial charge >= 0.3 is 11.7 Å². The Morgan fingerprint density at radius 1 is 0.909 bits per heavy atom. The van der Waals surface area contributed by atoms with Gasteiger partial charge in [-0.1, -0.05) is 0 Å². The van der Waals surface area contributed by atoms with Gasteiger partial charge in [0, 0.05) is 11.8 Å². The summed E-state index contributed by atoms with van der Waals surface area (Å²) in [4.78, 5) is 22.0. The Morgan fingerprint density at radius 2 is 1.50 bits per heavy atom. The quantitative estimate of drug-likeness (QED) is 0.672. The highest BCUT2D eigenvalue weighted by atomic mass is 19.4. The number of rotatable bonds is 3. The van der Waals surface area contributed by atoms with E-state index in [-0.39, 0.29) is 24.1 Å². The molecule has 0 unspecified atom stereocenters. The normalized spacial score (nSPS) is 11.7. The molecule has 2 aromatic rings. The average Bonchev–Trinajstić information content (AvgIpc) is 2.37. The van der Waals surface area contributed by atoms with E-state index >= 15 is 0 Å². The van der Waals surface area contributed by atoms with E-state index in [0.29, 0.717) is 12.1 Å². The third-order valence-corrected chi connectivity index (χ3v) is 2.93. The zero-order valence-electron chi connectivity index (χ0n) is 10.9. The van der Waals surface area contributed by atoms with Crippen LogP contribution in [0, 0.1) is 11.6 Å². The van der Waals surface area contributed by atoms with E-state index in [1.165, 1.54) is 0 Å². The molecule has 0 radical (unpaired) electrons. The molecule has 0 amide bonds. The number of alkyl halides is 3. The molecule has 2 rings (SSSR count). The summed E-state index contributed by atoms with van der Waals surface area (Å²) in [5.74, 6) is -3.39. The first kappa shape index (κ1) is 15.9. The molecule has 0 aliphatic carbocycles. The van der Waals surface area contributed by atoms with Crippen LogP contribution in [0.5, 0.6) is 0 Å². The van der Waals surface area contributed by atoms with E-state index in [4.69, 9.17) is 0 Å². The van der Waals surface area contributed by atoms with Crippen molar-refractivity contribution in [3.63, 3.8) is 0 Å². The molecule has 0 aliphatic heterocycles. The van der Waals surface area contributed by atoms with Crippen LogP contribution in [0.2, 0.25) is 0 Å². The van der Waals surface area contributed by atoms with Crippen LogP contribution in [0.4, 0.5) is 22.0 Å². The third-order valence-electron chi connectivity index (χ3n) is 2.93. The van der Waals surface area contributed by atoms with Crippen molar-refractivity contribution in [1.29, 1.82) is 0 Å². The van der Waals surface area contributed by atoms with Crippen LogP contribution in [-0.2, 0) is 19.0 Å². The molecule has 0 saturated heterocycles. The lowest BCUT2D eigenvalue weighted by Crippen LogP contribution is -2.27. The first-order chi connectivity index (χ1) is 10.2. The summed E-state index contributed by atoms with van der Waals surface area (Å²) >= 11 is 0. The molecular weight excluding hydrogens is 311 g/mol. The van der Waals surface area contributed by atoms with Crippen molar-refractivity contribution >= 4 is 0 Å². The number of benzene rings is 1. The van der Waals surface area contributed by atoms with E-state index in [9.17, 15) is 31.5 Å². The summed E-state index contributed by atoms with van der Waals surface area (Å²) < 4.78 is 64.0. The van der Waals surface area contributed by atoms with E-state index in [1.807, 2.05) is 0 Å². The fourth-order valence-electron chi connectivity index (χ4n) is 1.91. The van der Waals surface area contributed by atoms with Crippen LogP contribution in [0.3, 0.4) is 0 Å². The van der Waals surface area contributed by atoms with Gasteiger partial charge in [-0.2, -0.15) is 13.2 Å².